The Morgan fingerprint density at radius 2 is 2.05 bits per heavy atom. The number of benzene rings is 1. The molecule has 1 aromatic heterocycles. The van der Waals surface area contributed by atoms with E-state index in [2.05, 4.69) is 39.9 Å². The van der Waals surface area contributed by atoms with Crippen LogP contribution >= 0.6 is 0 Å². The fourth-order valence-electron chi connectivity index (χ4n) is 2.75. The number of rotatable bonds is 6. The lowest BCUT2D eigenvalue weighted by Gasteiger charge is -2.22. The van der Waals surface area contributed by atoms with Gasteiger partial charge in [0.25, 0.3) is 0 Å². The van der Waals surface area contributed by atoms with Gasteiger partial charge in [0.2, 0.25) is 0 Å². The summed E-state index contributed by atoms with van der Waals surface area (Å²) < 4.78 is 5.91. The Hall–Kier alpha value is -1.65. The molecule has 0 saturated carbocycles. The summed E-state index contributed by atoms with van der Waals surface area (Å²) in [6.45, 7) is 3.89. The van der Waals surface area contributed by atoms with E-state index in [1.165, 1.54) is 10.8 Å². The van der Waals surface area contributed by atoms with E-state index in [9.17, 15) is 0 Å². The van der Waals surface area contributed by atoms with Gasteiger partial charge in [0.15, 0.2) is 0 Å². The fourth-order valence-corrected chi connectivity index (χ4v) is 2.75. The molecule has 0 bridgehead atoms. The summed E-state index contributed by atoms with van der Waals surface area (Å²) in [5.41, 5.74) is 0. The smallest absolute Gasteiger partial charge is 0.133 e. The third-order valence-electron chi connectivity index (χ3n) is 3.93. The van der Waals surface area contributed by atoms with Gasteiger partial charge in [-0.2, -0.15) is 0 Å². The van der Waals surface area contributed by atoms with Crippen molar-refractivity contribution in [1.82, 2.24) is 10.3 Å². The van der Waals surface area contributed by atoms with Crippen molar-refractivity contribution in [2.24, 2.45) is 0 Å². The second-order valence-corrected chi connectivity index (χ2v) is 5.48. The van der Waals surface area contributed by atoms with Crippen molar-refractivity contribution in [1.29, 1.82) is 0 Å². The van der Waals surface area contributed by atoms with Gasteiger partial charge in [-0.3, -0.25) is 0 Å². The number of hydrogen-bond acceptors (Lipinski definition) is 4. The van der Waals surface area contributed by atoms with E-state index in [0.29, 0.717) is 6.10 Å². The van der Waals surface area contributed by atoms with Crippen molar-refractivity contribution < 1.29 is 4.74 Å². The number of hydrogen-bond donors (Lipinski definition) is 2. The van der Waals surface area contributed by atoms with Gasteiger partial charge < -0.3 is 15.4 Å². The lowest BCUT2D eigenvalue weighted by molar-refractivity contribution is 0.0329. The first-order valence-electron chi connectivity index (χ1n) is 7.83. The minimum atomic E-state index is 0.446. The molecule has 0 aliphatic carbocycles. The van der Waals surface area contributed by atoms with E-state index in [1.54, 1.807) is 0 Å². The van der Waals surface area contributed by atoms with Crippen LogP contribution in [0.15, 0.2) is 36.5 Å². The number of pyridine rings is 1. The van der Waals surface area contributed by atoms with Crippen molar-refractivity contribution in [3.63, 3.8) is 0 Å². The maximum Gasteiger partial charge on any atom is 0.133 e. The molecule has 0 radical (unpaired) electrons. The van der Waals surface area contributed by atoms with Crippen molar-refractivity contribution >= 4 is 16.6 Å². The van der Waals surface area contributed by atoms with Crippen LogP contribution in [0, 0.1) is 0 Å². The van der Waals surface area contributed by atoms with Crippen LogP contribution in [-0.2, 0) is 4.74 Å². The SMILES string of the molecule is c1ccc2c(NCCCOC3CCNCC3)nccc2c1. The molecule has 1 aromatic carbocycles. The highest BCUT2D eigenvalue weighted by molar-refractivity contribution is 5.91. The summed E-state index contributed by atoms with van der Waals surface area (Å²) in [5.74, 6) is 0.968. The summed E-state index contributed by atoms with van der Waals surface area (Å²) in [5, 5.41) is 9.18. The molecule has 3 rings (SSSR count). The Morgan fingerprint density at radius 1 is 1.19 bits per heavy atom. The van der Waals surface area contributed by atoms with Gasteiger partial charge in [-0.25, -0.2) is 4.98 Å². The van der Waals surface area contributed by atoms with E-state index in [-0.39, 0.29) is 0 Å². The van der Waals surface area contributed by atoms with E-state index < -0.39 is 0 Å². The Kier molecular flexibility index (Phi) is 5.03. The highest BCUT2D eigenvalue weighted by Gasteiger charge is 2.12. The standard InChI is InChI=1S/C17H23N3O/c1-2-5-16-14(4-1)6-12-20-17(16)19-9-3-13-21-15-7-10-18-11-8-15/h1-2,4-6,12,15,18H,3,7-11,13H2,(H,19,20). The monoisotopic (exact) mass is 285 g/mol. The van der Waals surface area contributed by atoms with Gasteiger partial charge in [0, 0.05) is 24.7 Å². The number of anilines is 1. The molecule has 4 heteroatoms. The minimum absolute atomic E-state index is 0.446. The molecule has 112 valence electrons. The minimum Gasteiger partial charge on any atom is -0.378 e. The molecule has 1 saturated heterocycles. The number of fused-ring (bicyclic) bond motifs is 1. The highest BCUT2D eigenvalue weighted by atomic mass is 16.5. The molecular formula is C17H23N3O. The van der Waals surface area contributed by atoms with Crippen LogP contribution in [0.4, 0.5) is 5.82 Å². The molecule has 0 atom stereocenters. The third-order valence-corrected chi connectivity index (χ3v) is 3.93. The molecule has 2 heterocycles. The average molecular weight is 285 g/mol. The maximum atomic E-state index is 5.91. The Balaban J connectivity index is 1.44. The molecule has 4 nitrogen and oxygen atoms in total. The number of aromatic nitrogens is 1. The normalized spacial score (nSPS) is 16.2. The second-order valence-electron chi connectivity index (χ2n) is 5.48. The van der Waals surface area contributed by atoms with Crippen molar-refractivity contribution in [3.8, 4) is 0 Å². The molecule has 2 N–H and O–H groups in total. The molecule has 0 amide bonds. The van der Waals surface area contributed by atoms with Gasteiger partial charge in [-0.15, -0.1) is 0 Å². The zero-order valence-electron chi connectivity index (χ0n) is 12.3. The topological polar surface area (TPSA) is 46.2 Å². The van der Waals surface area contributed by atoms with Gasteiger partial charge in [0.05, 0.1) is 6.10 Å². The van der Waals surface area contributed by atoms with Crippen molar-refractivity contribution in [2.45, 2.75) is 25.4 Å². The van der Waals surface area contributed by atoms with Crippen LogP contribution < -0.4 is 10.6 Å². The zero-order valence-corrected chi connectivity index (χ0v) is 12.3. The molecule has 0 unspecified atom stereocenters. The molecule has 0 spiro atoms. The molecule has 21 heavy (non-hydrogen) atoms. The van der Waals surface area contributed by atoms with E-state index in [1.807, 2.05) is 12.3 Å². The van der Waals surface area contributed by atoms with Gasteiger partial charge in [0.1, 0.15) is 5.82 Å². The predicted octanol–water partition coefficient (Wildman–Crippen LogP) is 2.81. The van der Waals surface area contributed by atoms with Crippen LogP contribution in [0.1, 0.15) is 19.3 Å². The third kappa shape index (κ3) is 3.93. The number of nitrogens with one attached hydrogen (secondary N) is 2. The lowest BCUT2D eigenvalue weighted by Crippen LogP contribution is -2.32. The largest absolute Gasteiger partial charge is 0.378 e. The number of ether oxygens (including phenoxy) is 1. The Labute approximate surface area is 125 Å². The second kappa shape index (κ2) is 7.38. The molecule has 1 aliphatic rings. The first-order chi connectivity index (χ1) is 10.4. The van der Waals surface area contributed by atoms with Crippen molar-refractivity contribution in [3.05, 3.63) is 36.5 Å². The fraction of sp³-hybridized carbons (Fsp3) is 0.471. The quantitative estimate of drug-likeness (QED) is 0.801. The van der Waals surface area contributed by atoms with Gasteiger partial charge >= 0.3 is 0 Å². The lowest BCUT2D eigenvalue weighted by atomic mass is 10.1. The van der Waals surface area contributed by atoms with E-state index in [4.69, 9.17) is 4.74 Å². The van der Waals surface area contributed by atoms with Crippen LogP contribution in [0.2, 0.25) is 0 Å². The Bertz CT molecular complexity index is 561. The van der Waals surface area contributed by atoms with Crippen LogP contribution in [0.5, 0.6) is 0 Å². The summed E-state index contributed by atoms with van der Waals surface area (Å²) >= 11 is 0. The van der Waals surface area contributed by atoms with Crippen LogP contribution in [0.25, 0.3) is 10.8 Å². The van der Waals surface area contributed by atoms with Crippen LogP contribution in [-0.4, -0.2) is 37.3 Å². The summed E-state index contributed by atoms with van der Waals surface area (Å²) in [7, 11) is 0. The molecule has 1 aliphatic heterocycles. The molecular weight excluding hydrogens is 262 g/mol. The van der Waals surface area contributed by atoms with Gasteiger partial charge in [-0.1, -0.05) is 24.3 Å². The van der Waals surface area contributed by atoms with E-state index in [0.717, 1.165) is 51.3 Å². The number of nitrogens with zero attached hydrogens (tertiary/aromatic N) is 1. The molecule has 1 fully saturated rings. The Morgan fingerprint density at radius 3 is 2.95 bits per heavy atom. The number of piperidine rings is 1. The average Bonchev–Trinajstić information content (AvgIpc) is 2.56. The van der Waals surface area contributed by atoms with Crippen molar-refractivity contribution in [2.75, 3.05) is 31.6 Å². The van der Waals surface area contributed by atoms with Gasteiger partial charge in [-0.05, 0) is 43.8 Å². The highest BCUT2D eigenvalue weighted by Crippen LogP contribution is 2.20. The van der Waals surface area contributed by atoms with E-state index >= 15 is 0 Å². The summed E-state index contributed by atoms with van der Waals surface area (Å²) in [4.78, 5) is 4.43. The first kappa shape index (κ1) is 14.3. The summed E-state index contributed by atoms with van der Waals surface area (Å²) in [6, 6.07) is 10.4. The maximum absolute atomic E-state index is 5.91. The summed E-state index contributed by atoms with van der Waals surface area (Å²) in [6.07, 6.45) is 5.59. The first-order valence-corrected chi connectivity index (χ1v) is 7.83. The zero-order chi connectivity index (χ0) is 14.3. The molecule has 2 aromatic rings. The van der Waals surface area contributed by atoms with Crippen LogP contribution in [0.3, 0.4) is 0 Å². The predicted molar refractivity (Wildman–Crippen MR) is 86.7 cm³/mol.